The van der Waals surface area contributed by atoms with Crippen molar-refractivity contribution in [2.45, 2.75) is 31.9 Å². The van der Waals surface area contributed by atoms with Crippen molar-refractivity contribution in [3.8, 4) is 0 Å². The van der Waals surface area contributed by atoms with E-state index in [-0.39, 0.29) is 6.04 Å². The van der Waals surface area contributed by atoms with Gasteiger partial charge >= 0.3 is 0 Å². The Hall–Kier alpha value is -2.87. The highest BCUT2D eigenvalue weighted by Crippen LogP contribution is 2.41. The minimum atomic E-state index is -0.413. The number of benzene rings is 3. The maximum Gasteiger partial charge on any atom is 0.217 e. The fourth-order valence-corrected chi connectivity index (χ4v) is 3.50. The molecule has 1 aliphatic heterocycles. The van der Waals surface area contributed by atoms with E-state index in [0.29, 0.717) is 5.90 Å². The first-order valence-corrected chi connectivity index (χ1v) is 9.08. The molecule has 0 unspecified atom stereocenters. The molecule has 2 heteroatoms. The lowest BCUT2D eigenvalue weighted by Gasteiger charge is -2.38. The van der Waals surface area contributed by atoms with E-state index in [1.54, 1.807) is 0 Å². The molecule has 4 rings (SSSR count). The van der Waals surface area contributed by atoms with Crippen LogP contribution in [-0.2, 0) is 10.3 Å². The molecule has 2 atom stereocenters. The molecule has 0 radical (unpaired) electrons. The predicted molar refractivity (Wildman–Crippen MR) is 106 cm³/mol. The summed E-state index contributed by atoms with van der Waals surface area (Å²) in [7, 11) is 0. The number of aryl methyl sites for hydroxylation is 1. The predicted octanol–water partition coefficient (Wildman–Crippen LogP) is 5.82. The van der Waals surface area contributed by atoms with E-state index in [1.807, 2.05) is 24.3 Å². The van der Waals surface area contributed by atoms with Gasteiger partial charge < -0.3 is 4.74 Å². The van der Waals surface area contributed by atoms with Crippen LogP contribution in [0.1, 0.15) is 41.6 Å². The van der Waals surface area contributed by atoms with Gasteiger partial charge in [0, 0.05) is 12.0 Å². The molecule has 0 fully saturated rings. The minimum absolute atomic E-state index is 0.0739. The second kappa shape index (κ2) is 6.80. The Labute approximate surface area is 155 Å². The van der Waals surface area contributed by atoms with Gasteiger partial charge in [-0.3, -0.25) is 0 Å². The number of hydrogen-bond acceptors (Lipinski definition) is 2. The van der Waals surface area contributed by atoms with Gasteiger partial charge in [0.05, 0.1) is 6.04 Å². The first kappa shape index (κ1) is 16.6. The van der Waals surface area contributed by atoms with Gasteiger partial charge in [0.15, 0.2) is 0 Å². The first-order valence-electron chi connectivity index (χ1n) is 9.08. The largest absolute Gasteiger partial charge is 0.466 e. The minimum Gasteiger partial charge on any atom is -0.466 e. The van der Waals surface area contributed by atoms with Gasteiger partial charge in [-0.15, -0.1) is 0 Å². The van der Waals surface area contributed by atoms with Crippen LogP contribution in [0.2, 0.25) is 0 Å². The maximum absolute atomic E-state index is 6.47. The number of aliphatic imine (C=N–C) groups is 1. The van der Waals surface area contributed by atoms with Crippen LogP contribution >= 0.6 is 0 Å². The van der Waals surface area contributed by atoms with Crippen LogP contribution in [0, 0.1) is 6.92 Å². The molecule has 0 spiro atoms. The van der Waals surface area contributed by atoms with Crippen molar-refractivity contribution in [3.05, 3.63) is 107 Å². The normalized spacial score (nSPS) is 22.4. The zero-order valence-electron chi connectivity index (χ0n) is 15.2. The highest BCUT2D eigenvalue weighted by Gasteiger charge is 2.38. The van der Waals surface area contributed by atoms with Crippen LogP contribution < -0.4 is 0 Å². The van der Waals surface area contributed by atoms with Crippen molar-refractivity contribution in [2.24, 2.45) is 4.99 Å². The van der Waals surface area contributed by atoms with E-state index in [0.717, 1.165) is 12.0 Å². The molecule has 130 valence electrons. The van der Waals surface area contributed by atoms with Crippen molar-refractivity contribution in [1.29, 1.82) is 0 Å². The Bertz CT molecular complexity index is 900. The summed E-state index contributed by atoms with van der Waals surface area (Å²) in [5.41, 5.74) is 4.28. The lowest BCUT2D eigenvalue weighted by molar-refractivity contribution is 0.0411. The van der Waals surface area contributed by atoms with Gasteiger partial charge in [0.1, 0.15) is 5.60 Å². The summed E-state index contributed by atoms with van der Waals surface area (Å²) in [5, 5.41) is 0. The zero-order valence-corrected chi connectivity index (χ0v) is 15.2. The summed E-state index contributed by atoms with van der Waals surface area (Å²) >= 11 is 0. The van der Waals surface area contributed by atoms with Gasteiger partial charge in [-0.1, -0.05) is 78.4 Å². The Balaban J connectivity index is 1.78. The molecule has 1 aliphatic rings. The molecule has 0 aromatic heterocycles. The second-order valence-corrected chi connectivity index (χ2v) is 7.13. The summed E-state index contributed by atoms with van der Waals surface area (Å²) in [6.07, 6.45) is 0.816. The van der Waals surface area contributed by atoms with E-state index in [4.69, 9.17) is 9.73 Å². The third-order valence-corrected chi connectivity index (χ3v) is 5.05. The van der Waals surface area contributed by atoms with Gasteiger partial charge in [-0.25, -0.2) is 4.99 Å². The van der Waals surface area contributed by atoms with Gasteiger partial charge in [-0.2, -0.15) is 0 Å². The summed E-state index contributed by atoms with van der Waals surface area (Å²) in [6, 6.07) is 29.4. The quantitative estimate of drug-likeness (QED) is 0.588. The van der Waals surface area contributed by atoms with Crippen LogP contribution in [0.25, 0.3) is 0 Å². The van der Waals surface area contributed by atoms with Gasteiger partial charge in [-0.05, 0) is 37.1 Å². The van der Waals surface area contributed by atoms with Crippen LogP contribution in [0.4, 0.5) is 0 Å². The molecule has 0 saturated heterocycles. The second-order valence-electron chi connectivity index (χ2n) is 7.13. The molecule has 3 aromatic carbocycles. The van der Waals surface area contributed by atoms with Crippen LogP contribution in [-0.4, -0.2) is 5.90 Å². The fraction of sp³-hybridized carbons (Fsp3) is 0.208. The Morgan fingerprint density at radius 1 is 0.846 bits per heavy atom. The summed E-state index contributed by atoms with van der Waals surface area (Å²) in [5.74, 6) is 0.716. The summed E-state index contributed by atoms with van der Waals surface area (Å²) in [6.45, 7) is 4.28. The van der Waals surface area contributed by atoms with E-state index in [1.165, 1.54) is 16.7 Å². The van der Waals surface area contributed by atoms with Crippen molar-refractivity contribution in [3.63, 3.8) is 0 Å². The van der Waals surface area contributed by atoms with Crippen molar-refractivity contribution in [2.75, 3.05) is 0 Å². The highest BCUT2D eigenvalue weighted by molar-refractivity contribution is 5.95. The average molecular weight is 341 g/mol. The van der Waals surface area contributed by atoms with Crippen molar-refractivity contribution < 1.29 is 4.74 Å². The monoisotopic (exact) mass is 341 g/mol. The topological polar surface area (TPSA) is 21.6 Å². The van der Waals surface area contributed by atoms with Crippen LogP contribution in [0.3, 0.4) is 0 Å². The molecule has 26 heavy (non-hydrogen) atoms. The zero-order chi connectivity index (χ0) is 18.0. The molecule has 0 aliphatic carbocycles. The number of rotatable bonds is 3. The van der Waals surface area contributed by atoms with E-state index >= 15 is 0 Å². The smallest absolute Gasteiger partial charge is 0.217 e. The summed E-state index contributed by atoms with van der Waals surface area (Å²) < 4.78 is 6.47. The molecule has 1 heterocycles. The molecular weight excluding hydrogens is 318 g/mol. The third kappa shape index (κ3) is 3.28. The van der Waals surface area contributed by atoms with Crippen LogP contribution in [0.15, 0.2) is 89.9 Å². The van der Waals surface area contributed by atoms with Gasteiger partial charge in [0.2, 0.25) is 5.90 Å². The highest BCUT2D eigenvalue weighted by atomic mass is 16.5. The SMILES string of the molecule is Cc1ccc([C@H]2C[C@](C)(c3ccccc3)OC(c3ccccc3)=N2)cc1. The lowest BCUT2D eigenvalue weighted by atomic mass is 9.85. The Kier molecular flexibility index (Phi) is 4.34. The Morgan fingerprint density at radius 3 is 2.12 bits per heavy atom. The summed E-state index contributed by atoms with van der Waals surface area (Å²) in [4.78, 5) is 4.97. The molecule has 0 saturated carbocycles. The lowest BCUT2D eigenvalue weighted by Crippen LogP contribution is -2.35. The van der Waals surface area contributed by atoms with E-state index in [2.05, 4.69) is 74.5 Å². The fourth-order valence-electron chi connectivity index (χ4n) is 3.50. The van der Waals surface area contributed by atoms with Crippen molar-refractivity contribution >= 4 is 5.90 Å². The van der Waals surface area contributed by atoms with Crippen molar-refractivity contribution in [1.82, 2.24) is 0 Å². The average Bonchev–Trinajstić information content (AvgIpc) is 2.69. The molecule has 3 aromatic rings. The van der Waals surface area contributed by atoms with Gasteiger partial charge in [0.25, 0.3) is 0 Å². The molecular formula is C24H23NO. The number of ether oxygens (including phenoxy) is 1. The maximum atomic E-state index is 6.47. The molecule has 0 bridgehead atoms. The number of nitrogens with zero attached hydrogens (tertiary/aromatic N) is 1. The molecule has 0 amide bonds. The van der Waals surface area contributed by atoms with E-state index in [9.17, 15) is 0 Å². The Morgan fingerprint density at radius 2 is 1.46 bits per heavy atom. The van der Waals surface area contributed by atoms with E-state index < -0.39 is 5.60 Å². The third-order valence-electron chi connectivity index (χ3n) is 5.05. The number of hydrogen-bond donors (Lipinski definition) is 0. The van der Waals surface area contributed by atoms with Crippen LogP contribution in [0.5, 0.6) is 0 Å². The molecule has 2 nitrogen and oxygen atoms in total. The standard InChI is InChI=1S/C24H23NO/c1-18-13-15-19(16-14-18)22-17-24(2,21-11-7-4-8-12-21)26-23(25-22)20-9-5-3-6-10-20/h3-16,22H,17H2,1-2H3/t22-,24-/m1/s1. The first-order chi connectivity index (χ1) is 12.6. The molecule has 0 N–H and O–H groups in total.